The van der Waals surface area contributed by atoms with Crippen LogP contribution in [-0.2, 0) is 4.79 Å². The summed E-state index contributed by atoms with van der Waals surface area (Å²) in [6, 6.07) is 0. The summed E-state index contributed by atoms with van der Waals surface area (Å²) < 4.78 is 0. The zero-order chi connectivity index (χ0) is 10.9. The molecule has 0 N–H and O–H groups in total. The third-order valence-corrected chi connectivity index (χ3v) is 4.08. The van der Waals surface area contributed by atoms with Crippen LogP contribution in [-0.4, -0.2) is 30.3 Å². The molecule has 15 heavy (non-hydrogen) atoms. The normalized spacial score (nSPS) is 32.1. The SMILES string of the molecule is CC1(C)CCC(CN2CCCCC2)C1=O. The van der Waals surface area contributed by atoms with Crippen molar-refractivity contribution in [3.8, 4) is 0 Å². The van der Waals surface area contributed by atoms with E-state index in [0.717, 1.165) is 19.4 Å². The van der Waals surface area contributed by atoms with E-state index < -0.39 is 0 Å². The minimum absolute atomic E-state index is 0.0412. The molecule has 1 saturated carbocycles. The van der Waals surface area contributed by atoms with Crippen LogP contribution in [0.2, 0.25) is 0 Å². The molecule has 0 aromatic carbocycles. The van der Waals surface area contributed by atoms with E-state index in [2.05, 4.69) is 18.7 Å². The van der Waals surface area contributed by atoms with E-state index in [1.165, 1.54) is 32.4 Å². The number of nitrogens with zero attached hydrogens (tertiary/aromatic N) is 1. The van der Waals surface area contributed by atoms with E-state index >= 15 is 0 Å². The Bertz CT molecular complexity index is 241. The first-order valence-corrected chi connectivity index (χ1v) is 6.36. The molecular weight excluding hydrogens is 186 g/mol. The van der Waals surface area contributed by atoms with Crippen LogP contribution < -0.4 is 0 Å². The van der Waals surface area contributed by atoms with Gasteiger partial charge in [-0.3, -0.25) is 4.79 Å². The molecule has 0 aromatic heterocycles. The Hall–Kier alpha value is -0.370. The molecule has 2 heteroatoms. The van der Waals surface area contributed by atoms with Gasteiger partial charge in [-0.1, -0.05) is 20.3 Å². The lowest BCUT2D eigenvalue weighted by atomic mass is 9.89. The first-order chi connectivity index (χ1) is 7.09. The van der Waals surface area contributed by atoms with E-state index in [1.54, 1.807) is 0 Å². The molecule has 0 bridgehead atoms. The molecule has 2 rings (SSSR count). The fourth-order valence-electron chi connectivity index (χ4n) is 2.97. The molecule has 0 aromatic rings. The molecule has 0 radical (unpaired) electrons. The van der Waals surface area contributed by atoms with Gasteiger partial charge >= 0.3 is 0 Å². The molecule has 86 valence electrons. The van der Waals surface area contributed by atoms with Crippen molar-refractivity contribution in [3.05, 3.63) is 0 Å². The molecule has 1 aliphatic heterocycles. The van der Waals surface area contributed by atoms with Crippen LogP contribution in [0.3, 0.4) is 0 Å². The van der Waals surface area contributed by atoms with Gasteiger partial charge in [0, 0.05) is 17.9 Å². The van der Waals surface area contributed by atoms with Gasteiger partial charge in [-0.05, 0) is 38.8 Å². The largest absolute Gasteiger partial charge is 0.303 e. The second-order valence-corrected chi connectivity index (χ2v) is 5.85. The summed E-state index contributed by atoms with van der Waals surface area (Å²) in [5.74, 6) is 0.839. The lowest BCUT2D eigenvalue weighted by Gasteiger charge is -2.28. The summed E-state index contributed by atoms with van der Waals surface area (Å²) in [4.78, 5) is 14.6. The number of rotatable bonds is 2. The quantitative estimate of drug-likeness (QED) is 0.696. The van der Waals surface area contributed by atoms with Gasteiger partial charge in [0.25, 0.3) is 0 Å². The molecule has 0 spiro atoms. The Labute approximate surface area is 93.0 Å². The second-order valence-electron chi connectivity index (χ2n) is 5.85. The van der Waals surface area contributed by atoms with Crippen LogP contribution in [0.1, 0.15) is 46.0 Å². The van der Waals surface area contributed by atoms with Crippen molar-refractivity contribution in [2.24, 2.45) is 11.3 Å². The highest BCUT2D eigenvalue weighted by Crippen LogP contribution is 2.38. The summed E-state index contributed by atoms with van der Waals surface area (Å²) in [5.41, 5.74) is -0.0412. The molecule has 2 fully saturated rings. The number of ketones is 1. The van der Waals surface area contributed by atoms with Crippen LogP contribution in [0.25, 0.3) is 0 Å². The van der Waals surface area contributed by atoms with E-state index in [9.17, 15) is 4.79 Å². The Balaban J connectivity index is 1.87. The Morgan fingerprint density at radius 1 is 1.27 bits per heavy atom. The number of carbonyl (C=O) groups excluding carboxylic acids is 1. The minimum Gasteiger partial charge on any atom is -0.303 e. The molecular formula is C13H23NO. The van der Waals surface area contributed by atoms with E-state index in [0.29, 0.717) is 11.7 Å². The maximum atomic E-state index is 12.1. The zero-order valence-electron chi connectivity index (χ0n) is 10.1. The Morgan fingerprint density at radius 2 is 1.93 bits per heavy atom. The van der Waals surface area contributed by atoms with Crippen molar-refractivity contribution in [2.75, 3.05) is 19.6 Å². The number of Topliss-reactive ketones (excluding diaryl/α,β-unsaturated/α-hetero) is 1. The Kier molecular flexibility index (Phi) is 3.15. The van der Waals surface area contributed by atoms with Gasteiger partial charge in [-0.15, -0.1) is 0 Å². The topological polar surface area (TPSA) is 20.3 Å². The molecule has 0 amide bonds. The summed E-state index contributed by atoms with van der Waals surface area (Å²) >= 11 is 0. The lowest BCUT2D eigenvalue weighted by molar-refractivity contribution is -0.128. The van der Waals surface area contributed by atoms with Crippen molar-refractivity contribution in [1.29, 1.82) is 0 Å². The van der Waals surface area contributed by atoms with Gasteiger partial charge in [0.05, 0.1) is 0 Å². The molecule has 1 unspecified atom stereocenters. The third kappa shape index (κ3) is 2.41. The first kappa shape index (κ1) is 11.1. The molecule has 2 nitrogen and oxygen atoms in total. The summed E-state index contributed by atoms with van der Waals surface area (Å²) in [7, 11) is 0. The zero-order valence-corrected chi connectivity index (χ0v) is 10.1. The average Bonchev–Trinajstić information content (AvgIpc) is 2.47. The predicted molar refractivity (Wildman–Crippen MR) is 61.8 cm³/mol. The van der Waals surface area contributed by atoms with Crippen molar-refractivity contribution < 1.29 is 4.79 Å². The highest BCUT2D eigenvalue weighted by Gasteiger charge is 2.40. The van der Waals surface area contributed by atoms with Crippen LogP contribution >= 0.6 is 0 Å². The van der Waals surface area contributed by atoms with Crippen molar-refractivity contribution in [3.63, 3.8) is 0 Å². The molecule has 1 heterocycles. The Morgan fingerprint density at radius 3 is 2.47 bits per heavy atom. The fourth-order valence-corrected chi connectivity index (χ4v) is 2.97. The maximum Gasteiger partial charge on any atom is 0.142 e. The molecule has 1 aliphatic carbocycles. The van der Waals surface area contributed by atoms with E-state index in [-0.39, 0.29) is 5.41 Å². The first-order valence-electron chi connectivity index (χ1n) is 6.36. The lowest BCUT2D eigenvalue weighted by Crippen LogP contribution is -2.36. The van der Waals surface area contributed by atoms with Gasteiger partial charge in [-0.25, -0.2) is 0 Å². The van der Waals surface area contributed by atoms with Crippen molar-refractivity contribution in [1.82, 2.24) is 4.90 Å². The number of likely N-dealkylation sites (tertiary alicyclic amines) is 1. The predicted octanol–water partition coefficient (Wildman–Crippen LogP) is 2.48. The standard InChI is InChI=1S/C13H23NO/c1-13(2)7-6-11(12(13)15)10-14-8-4-3-5-9-14/h11H,3-10H2,1-2H3. The number of carbonyl (C=O) groups is 1. The average molecular weight is 209 g/mol. The van der Waals surface area contributed by atoms with Crippen LogP contribution in [0.4, 0.5) is 0 Å². The van der Waals surface area contributed by atoms with Gasteiger partial charge in [-0.2, -0.15) is 0 Å². The van der Waals surface area contributed by atoms with Gasteiger partial charge in [0.2, 0.25) is 0 Å². The van der Waals surface area contributed by atoms with Gasteiger partial charge in [0.15, 0.2) is 0 Å². The van der Waals surface area contributed by atoms with E-state index in [1.807, 2.05) is 0 Å². The van der Waals surface area contributed by atoms with Gasteiger partial charge < -0.3 is 4.90 Å². The van der Waals surface area contributed by atoms with Crippen molar-refractivity contribution >= 4 is 5.78 Å². The minimum atomic E-state index is -0.0412. The third-order valence-electron chi connectivity index (χ3n) is 4.08. The van der Waals surface area contributed by atoms with Crippen LogP contribution in [0.5, 0.6) is 0 Å². The fraction of sp³-hybridized carbons (Fsp3) is 0.923. The second kappa shape index (κ2) is 4.25. The monoisotopic (exact) mass is 209 g/mol. The maximum absolute atomic E-state index is 12.1. The highest BCUT2D eigenvalue weighted by molar-refractivity contribution is 5.88. The highest BCUT2D eigenvalue weighted by atomic mass is 16.1. The number of hydrogen-bond donors (Lipinski definition) is 0. The molecule has 1 saturated heterocycles. The van der Waals surface area contributed by atoms with Crippen LogP contribution in [0, 0.1) is 11.3 Å². The summed E-state index contributed by atoms with van der Waals surface area (Å²) in [6.45, 7) is 7.66. The van der Waals surface area contributed by atoms with Crippen LogP contribution in [0.15, 0.2) is 0 Å². The smallest absolute Gasteiger partial charge is 0.142 e. The van der Waals surface area contributed by atoms with Crippen molar-refractivity contribution in [2.45, 2.75) is 46.0 Å². The van der Waals surface area contributed by atoms with E-state index in [4.69, 9.17) is 0 Å². The number of piperidine rings is 1. The van der Waals surface area contributed by atoms with Gasteiger partial charge in [0.1, 0.15) is 5.78 Å². The number of hydrogen-bond acceptors (Lipinski definition) is 2. The summed E-state index contributed by atoms with van der Waals surface area (Å²) in [5, 5.41) is 0. The molecule has 1 atom stereocenters. The summed E-state index contributed by atoms with van der Waals surface area (Å²) in [6.07, 6.45) is 6.22. The molecule has 2 aliphatic rings.